The molecule has 0 aliphatic heterocycles. The Morgan fingerprint density at radius 2 is 1.67 bits per heavy atom. The van der Waals surface area contributed by atoms with Crippen molar-refractivity contribution in [1.29, 1.82) is 0 Å². The predicted molar refractivity (Wildman–Crippen MR) is 127 cm³/mol. The van der Waals surface area contributed by atoms with Gasteiger partial charge < -0.3 is 14.2 Å². The second-order valence-corrected chi connectivity index (χ2v) is 7.97. The van der Waals surface area contributed by atoms with Crippen LogP contribution in [0.3, 0.4) is 0 Å². The highest BCUT2D eigenvalue weighted by Gasteiger charge is 2.20. The van der Waals surface area contributed by atoms with Crippen LogP contribution in [0.4, 0.5) is 13.6 Å². The Labute approximate surface area is 192 Å². The highest BCUT2D eigenvalue weighted by molar-refractivity contribution is 5.99. The minimum absolute atomic E-state index is 0.304. The van der Waals surface area contributed by atoms with Gasteiger partial charge in [0.05, 0.1) is 0 Å². The second kappa shape index (κ2) is 9.45. The highest BCUT2D eigenvalue weighted by atomic mass is 19.2. The Morgan fingerprint density at radius 3 is 2.33 bits per heavy atom. The van der Waals surface area contributed by atoms with Gasteiger partial charge in [-0.15, -0.1) is 0 Å². The molecule has 1 aromatic heterocycles. The van der Waals surface area contributed by atoms with Crippen LogP contribution in [0.1, 0.15) is 25.0 Å². The number of aromatic nitrogens is 1. The SMILES string of the molecule is CCN(CC)C(=O)Oc1ccc2c(ccn2Cc2ccc(C)cc2)c1-c1ccc(F)c(F)c1. The normalized spacial score (nSPS) is 11.1. The summed E-state index contributed by atoms with van der Waals surface area (Å²) in [4.78, 5) is 14.2. The monoisotopic (exact) mass is 448 g/mol. The number of hydrogen-bond acceptors (Lipinski definition) is 2. The zero-order chi connectivity index (χ0) is 23.5. The van der Waals surface area contributed by atoms with Crippen molar-refractivity contribution >= 4 is 17.0 Å². The number of rotatable bonds is 6. The van der Waals surface area contributed by atoms with Crippen molar-refractivity contribution in [2.45, 2.75) is 27.3 Å². The number of halogens is 2. The lowest BCUT2D eigenvalue weighted by Crippen LogP contribution is -2.33. The summed E-state index contributed by atoms with van der Waals surface area (Å²) >= 11 is 0. The molecule has 0 spiro atoms. The van der Waals surface area contributed by atoms with Crippen LogP contribution in [0.15, 0.2) is 66.9 Å². The van der Waals surface area contributed by atoms with Gasteiger partial charge >= 0.3 is 6.09 Å². The van der Waals surface area contributed by atoms with E-state index in [9.17, 15) is 13.6 Å². The van der Waals surface area contributed by atoms with E-state index in [0.717, 1.165) is 28.6 Å². The van der Waals surface area contributed by atoms with Crippen molar-refractivity contribution in [3.05, 3.63) is 89.6 Å². The number of carbonyl (C=O) groups excluding carboxylic acids is 1. The maximum absolute atomic E-state index is 14.1. The molecule has 1 heterocycles. The fourth-order valence-electron chi connectivity index (χ4n) is 3.96. The van der Waals surface area contributed by atoms with Crippen LogP contribution in [0.2, 0.25) is 0 Å². The lowest BCUT2D eigenvalue weighted by atomic mass is 10.00. The highest BCUT2D eigenvalue weighted by Crippen LogP contribution is 2.38. The van der Waals surface area contributed by atoms with Crippen LogP contribution in [-0.2, 0) is 6.54 Å². The Morgan fingerprint density at radius 1 is 0.939 bits per heavy atom. The van der Waals surface area contributed by atoms with Crippen molar-refractivity contribution in [2.24, 2.45) is 0 Å². The van der Waals surface area contributed by atoms with Gasteiger partial charge in [-0.25, -0.2) is 13.6 Å². The first-order valence-corrected chi connectivity index (χ1v) is 11.0. The van der Waals surface area contributed by atoms with Crippen molar-refractivity contribution in [3.8, 4) is 16.9 Å². The molecular formula is C27H26F2N2O2. The third-order valence-electron chi connectivity index (χ3n) is 5.82. The standard InChI is InChI=1S/C27H26F2N2O2/c1-4-30(5-2)27(32)33-25-13-12-24-21(26(25)20-10-11-22(28)23(29)16-20)14-15-31(24)17-19-8-6-18(3)7-9-19/h6-16H,4-5,17H2,1-3H3. The van der Waals surface area contributed by atoms with E-state index in [-0.39, 0.29) is 0 Å². The first kappa shape index (κ1) is 22.5. The first-order chi connectivity index (χ1) is 15.9. The average Bonchev–Trinajstić information content (AvgIpc) is 3.20. The van der Waals surface area contributed by atoms with Crippen molar-refractivity contribution in [2.75, 3.05) is 13.1 Å². The summed E-state index contributed by atoms with van der Waals surface area (Å²) in [7, 11) is 0. The molecule has 1 amide bonds. The molecule has 170 valence electrons. The van der Waals surface area contributed by atoms with Crippen molar-refractivity contribution < 1.29 is 18.3 Å². The van der Waals surface area contributed by atoms with Gasteiger partial charge in [-0.3, -0.25) is 0 Å². The summed E-state index contributed by atoms with van der Waals surface area (Å²) in [6.45, 7) is 7.45. The zero-order valence-electron chi connectivity index (χ0n) is 18.9. The minimum atomic E-state index is -0.954. The summed E-state index contributed by atoms with van der Waals surface area (Å²) in [5.74, 6) is -1.58. The van der Waals surface area contributed by atoms with Gasteiger partial charge in [-0.1, -0.05) is 35.9 Å². The van der Waals surface area contributed by atoms with Crippen LogP contribution < -0.4 is 4.74 Å². The van der Waals surface area contributed by atoms with Gasteiger partial charge in [0.2, 0.25) is 0 Å². The molecule has 0 radical (unpaired) electrons. The smallest absolute Gasteiger partial charge is 0.410 e. The Kier molecular flexibility index (Phi) is 6.45. The zero-order valence-corrected chi connectivity index (χ0v) is 18.9. The molecule has 6 heteroatoms. The van der Waals surface area contributed by atoms with Gasteiger partial charge in [-0.2, -0.15) is 0 Å². The maximum atomic E-state index is 14.1. The Balaban J connectivity index is 1.82. The Hall–Kier alpha value is -3.67. The molecular weight excluding hydrogens is 422 g/mol. The van der Waals surface area contributed by atoms with E-state index in [4.69, 9.17) is 4.74 Å². The van der Waals surface area contributed by atoms with Crippen LogP contribution in [-0.4, -0.2) is 28.6 Å². The summed E-state index contributed by atoms with van der Waals surface area (Å²) in [5.41, 5.74) is 4.23. The molecule has 0 aliphatic carbocycles. The molecule has 0 aliphatic rings. The molecule has 0 unspecified atom stereocenters. The first-order valence-electron chi connectivity index (χ1n) is 11.0. The molecule has 0 N–H and O–H groups in total. The Bertz CT molecular complexity index is 1290. The summed E-state index contributed by atoms with van der Waals surface area (Å²) in [6, 6.07) is 17.5. The van der Waals surface area contributed by atoms with Gasteiger partial charge in [0.25, 0.3) is 0 Å². The molecule has 4 nitrogen and oxygen atoms in total. The van der Waals surface area contributed by atoms with E-state index >= 15 is 0 Å². The van der Waals surface area contributed by atoms with Crippen LogP contribution in [0.5, 0.6) is 5.75 Å². The molecule has 0 fully saturated rings. The molecule has 0 saturated carbocycles. The van der Waals surface area contributed by atoms with Crippen molar-refractivity contribution in [3.63, 3.8) is 0 Å². The van der Waals surface area contributed by atoms with Gasteiger partial charge in [0.1, 0.15) is 5.75 Å². The third kappa shape index (κ3) is 4.60. The number of fused-ring (bicyclic) bond motifs is 1. The van der Waals surface area contributed by atoms with E-state index in [2.05, 4.69) is 28.8 Å². The van der Waals surface area contributed by atoms with Crippen LogP contribution in [0, 0.1) is 18.6 Å². The van der Waals surface area contributed by atoms with Crippen LogP contribution >= 0.6 is 0 Å². The summed E-state index contributed by atoms with van der Waals surface area (Å²) in [5, 5.41) is 0.790. The van der Waals surface area contributed by atoms with Gasteiger partial charge in [0, 0.05) is 42.3 Å². The number of hydrogen-bond donors (Lipinski definition) is 0. The lowest BCUT2D eigenvalue weighted by Gasteiger charge is -2.20. The predicted octanol–water partition coefficient (Wildman–Crippen LogP) is 6.78. The summed E-state index contributed by atoms with van der Waals surface area (Å²) < 4.78 is 35.6. The number of carbonyl (C=O) groups is 1. The van der Waals surface area contributed by atoms with E-state index in [0.29, 0.717) is 36.5 Å². The van der Waals surface area contributed by atoms with Gasteiger partial charge in [0.15, 0.2) is 11.6 Å². The number of benzene rings is 3. The number of amides is 1. The fourth-order valence-corrected chi connectivity index (χ4v) is 3.96. The lowest BCUT2D eigenvalue weighted by molar-refractivity contribution is 0.157. The van der Waals surface area contributed by atoms with Gasteiger partial charge in [-0.05, 0) is 62.2 Å². The second-order valence-electron chi connectivity index (χ2n) is 7.97. The van der Waals surface area contributed by atoms with E-state index in [1.165, 1.54) is 11.6 Å². The van der Waals surface area contributed by atoms with Crippen molar-refractivity contribution in [1.82, 2.24) is 9.47 Å². The molecule has 0 atom stereocenters. The molecule has 3 aromatic carbocycles. The topological polar surface area (TPSA) is 34.5 Å². The average molecular weight is 449 g/mol. The molecule has 4 rings (SSSR count). The third-order valence-corrected chi connectivity index (χ3v) is 5.82. The maximum Gasteiger partial charge on any atom is 0.415 e. The molecule has 0 saturated heterocycles. The number of nitrogens with zero attached hydrogens (tertiary/aromatic N) is 2. The number of aryl methyl sites for hydroxylation is 1. The molecule has 0 bridgehead atoms. The fraction of sp³-hybridized carbons (Fsp3) is 0.222. The minimum Gasteiger partial charge on any atom is -0.410 e. The summed E-state index contributed by atoms with van der Waals surface area (Å²) in [6.07, 6.45) is 1.46. The van der Waals surface area contributed by atoms with E-state index in [1.807, 2.05) is 39.1 Å². The van der Waals surface area contributed by atoms with E-state index < -0.39 is 17.7 Å². The largest absolute Gasteiger partial charge is 0.415 e. The molecule has 33 heavy (non-hydrogen) atoms. The number of ether oxygens (including phenoxy) is 1. The molecule has 4 aromatic rings. The quantitative estimate of drug-likeness (QED) is 0.326. The van der Waals surface area contributed by atoms with Crippen LogP contribution in [0.25, 0.3) is 22.0 Å². The van der Waals surface area contributed by atoms with E-state index in [1.54, 1.807) is 11.0 Å².